The summed E-state index contributed by atoms with van der Waals surface area (Å²) >= 11 is 0. The van der Waals surface area contributed by atoms with Gasteiger partial charge in [0.1, 0.15) is 24.2 Å². The maximum atomic E-state index is 13.7. The standard InChI is InChI=1S/C13H12F2N2O2/c14-8-3-4-10(9(15)5-8)17-6-11(18)16-12(13(17)19)7-1-2-7/h3-5,7,12H,1-2,6H2,(H,16,18). The molecule has 4 nitrogen and oxygen atoms in total. The minimum Gasteiger partial charge on any atom is -0.342 e. The maximum Gasteiger partial charge on any atom is 0.250 e. The minimum absolute atomic E-state index is 0.0492. The molecule has 3 rings (SSSR count). The zero-order valence-electron chi connectivity index (χ0n) is 10.0. The van der Waals surface area contributed by atoms with E-state index in [-0.39, 0.29) is 30.0 Å². The number of rotatable bonds is 2. The quantitative estimate of drug-likeness (QED) is 0.874. The van der Waals surface area contributed by atoms with E-state index in [1.165, 1.54) is 6.07 Å². The predicted molar refractivity (Wildman–Crippen MR) is 63.4 cm³/mol. The molecule has 0 radical (unpaired) electrons. The summed E-state index contributed by atoms with van der Waals surface area (Å²) < 4.78 is 26.6. The Morgan fingerprint density at radius 2 is 1.95 bits per heavy atom. The summed E-state index contributed by atoms with van der Waals surface area (Å²) in [6.07, 6.45) is 1.77. The van der Waals surface area contributed by atoms with Crippen LogP contribution in [-0.4, -0.2) is 24.4 Å². The van der Waals surface area contributed by atoms with Crippen molar-refractivity contribution in [3.05, 3.63) is 29.8 Å². The lowest BCUT2D eigenvalue weighted by Crippen LogP contribution is -2.59. The Morgan fingerprint density at radius 1 is 1.21 bits per heavy atom. The van der Waals surface area contributed by atoms with Gasteiger partial charge in [0.15, 0.2) is 0 Å². The molecule has 1 aromatic rings. The van der Waals surface area contributed by atoms with E-state index in [0.29, 0.717) is 6.07 Å². The summed E-state index contributed by atoms with van der Waals surface area (Å²) in [5.41, 5.74) is -0.0492. The molecule has 6 heteroatoms. The van der Waals surface area contributed by atoms with Crippen molar-refractivity contribution in [2.75, 3.05) is 11.4 Å². The van der Waals surface area contributed by atoms with E-state index in [1.54, 1.807) is 0 Å². The molecule has 1 unspecified atom stereocenters. The first-order valence-electron chi connectivity index (χ1n) is 6.12. The number of carbonyl (C=O) groups is 2. The second kappa shape index (κ2) is 4.29. The summed E-state index contributed by atoms with van der Waals surface area (Å²) in [6, 6.07) is 2.39. The smallest absolute Gasteiger partial charge is 0.250 e. The Balaban J connectivity index is 1.93. The topological polar surface area (TPSA) is 49.4 Å². The molecule has 0 bridgehead atoms. The number of nitrogens with one attached hydrogen (secondary N) is 1. The van der Waals surface area contributed by atoms with E-state index >= 15 is 0 Å². The highest BCUT2D eigenvalue weighted by Gasteiger charge is 2.43. The summed E-state index contributed by atoms with van der Waals surface area (Å²) in [7, 11) is 0. The lowest BCUT2D eigenvalue weighted by molar-refractivity contribution is -0.131. The monoisotopic (exact) mass is 266 g/mol. The van der Waals surface area contributed by atoms with E-state index in [9.17, 15) is 18.4 Å². The second-order valence-corrected chi connectivity index (χ2v) is 4.90. The van der Waals surface area contributed by atoms with Crippen LogP contribution in [0.25, 0.3) is 0 Å². The van der Waals surface area contributed by atoms with Gasteiger partial charge in [-0.3, -0.25) is 14.5 Å². The molecule has 19 heavy (non-hydrogen) atoms. The number of hydrogen-bond donors (Lipinski definition) is 1. The molecule has 1 saturated heterocycles. The fraction of sp³-hybridized carbons (Fsp3) is 0.385. The van der Waals surface area contributed by atoms with Gasteiger partial charge in [-0.15, -0.1) is 0 Å². The van der Waals surface area contributed by atoms with Gasteiger partial charge in [0, 0.05) is 6.07 Å². The fourth-order valence-corrected chi connectivity index (χ4v) is 2.32. The van der Waals surface area contributed by atoms with Crippen LogP contribution in [0.1, 0.15) is 12.8 Å². The third-order valence-corrected chi connectivity index (χ3v) is 3.44. The van der Waals surface area contributed by atoms with Gasteiger partial charge < -0.3 is 5.32 Å². The number of amides is 2. The molecule has 1 aliphatic carbocycles. The summed E-state index contributed by atoms with van der Waals surface area (Å²) in [5, 5.41) is 2.63. The van der Waals surface area contributed by atoms with Crippen LogP contribution in [-0.2, 0) is 9.59 Å². The van der Waals surface area contributed by atoms with Crippen molar-refractivity contribution in [3.8, 4) is 0 Å². The molecule has 1 aromatic carbocycles. The molecular weight excluding hydrogens is 254 g/mol. The highest BCUT2D eigenvalue weighted by molar-refractivity contribution is 6.06. The number of carbonyl (C=O) groups excluding carboxylic acids is 2. The van der Waals surface area contributed by atoms with E-state index in [0.717, 1.165) is 23.8 Å². The van der Waals surface area contributed by atoms with Crippen LogP contribution in [0.2, 0.25) is 0 Å². The van der Waals surface area contributed by atoms with E-state index in [1.807, 2.05) is 0 Å². The van der Waals surface area contributed by atoms with Gasteiger partial charge in [0.25, 0.3) is 0 Å². The molecule has 1 atom stereocenters. The van der Waals surface area contributed by atoms with Gasteiger partial charge in [0.05, 0.1) is 5.69 Å². The highest BCUT2D eigenvalue weighted by atomic mass is 19.1. The Morgan fingerprint density at radius 3 is 2.58 bits per heavy atom. The average Bonchev–Trinajstić information content (AvgIpc) is 3.16. The lowest BCUT2D eigenvalue weighted by Gasteiger charge is -2.32. The minimum atomic E-state index is -0.836. The molecule has 0 aromatic heterocycles. The van der Waals surface area contributed by atoms with Gasteiger partial charge in [-0.1, -0.05) is 0 Å². The predicted octanol–water partition coefficient (Wildman–Crippen LogP) is 1.21. The normalized spacial score (nSPS) is 23.5. The number of hydrogen-bond acceptors (Lipinski definition) is 2. The van der Waals surface area contributed by atoms with Crippen molar-refractivity contribution in [3.63, 3.8) is 0 Å². The molecule has 1 heterocycles. The van der Waals surface area contributed by atoms with Crippen molar-refractivity contribution in [2.45, 2.75) is 18.9 Å². The fourth-order valence-electron chi connectivity index (χ4n) is 2.32. The van der Waals surface area contributed by atoms with Crippen molar-refractivity contribution in [1.29, 1.82) is 0 Å². The first kappa shape index (κ1) is 12.1. The van der Waals surface area contributed by atoms with Gasteiger partial charge in [-0.25, -0.2) is 8.78 Å². The first-order chi connectivity index (χ1) is 9.06. The molecule has 1 N–H and O–H groups in total. The molecule has 1 aliphatic heterocycles. The van der Waals surface area contributed by atoms with Crippen molar-refractivity contribution < 1.29 is 18.4 Å². The molecule has 2 aliphatic rings. The third-order valence-electron chi connectivity index (χ3n) is 3.44. The van der Waals surface area contributed by atoms with Gasteiger partial charge in [-0.2, -0.15) is 0 Å². The third kappa shape index (κ3) is 2.18. The molecule has 1 saturated carbocycles. The van der Waals surface area contributed by atoms with Crippen LogP contribution in [0.4, 0.5) is 14.5 Å². The lowest BCUT2D eigenvalue weighted by atomic mass is 10.1. The van der Waals surface area contributed by atoms with Crippen LogP contribution in [0.5, 0.6) is 0 Å². The van der Waals surface area contributed by atoms with E-state index in [4.69, 9.17) is 0 Å². The zero-order chi connectivity index (χ0) is 13.6. The average molecular weight is 266 g/mol. The van der Waals surface area contributed by atoms with Crippen molar-refractivity contribution in [2.24, 2.45) is 5.92 Å². The van der Waals surface area contributed by atoms with E-state index in [2.05, 4.69) is 5.32 Å². The maximum absolute atomic E-state index is 13.7. The van der Waals surface area contributed by atoms with Crippen molar-refractivity contribution in [1.82, 2.24) is 5.32 Å². The Hall–Kier alpha value is -1.98. The number of nitrogens with zero attached hydrogens (tertiary/aromatic N) is 1. The number of piperazine rings is 1. The second-order valence-electron chi connectivity index (χ2n) is 4.90. The van der Waals surface area contributed by atoms with E-state index < -0.39 is 17.7 Å². The summed E-state index contributed by atoms with van der Waals surface area (Å²) in [4.78, 5) is 24.9. The van der Waals surface area contributed by atoms with Crippen LogP contribution in [0.3, 0.4) is 0 Å². The van der Waals surface area contributed by atoms with Crippen molar-refractivity contribution >= 4 is 17.5 Å². The number of anilines is 1. The molecule has 2 amide bonds. The molecule has 100 valence electrons. The Kier molecular flexibility index (Phi) is 2.73. The SMILES string of the molecule is O=C1CN(c2ccc(F)cc2F)C(=O)C(C2CC2)N1. The number of benzene rings is 1. The summed E-state index contributed by atoms with van der Waals surface area (Å²) in [6.45, 7) is -0.232. The van der Waals surface area contributed by atoms with Crippen LogP contribution < -0.4 is 10.2 Å². The largest absolute Gasteiger partial charge is 0.342 e. The van der Waals surface area contributed by atoms with Gasteiger partial charge >= 0.3 is 0 Å². The Labute approximate surface area is 108 Å². The Bertz CT molecular complexity index is 558. The first-order valence-corrected chi connectivity index (χ1v) is 6.12. The van der Waals surface area contributed by atoms with Crippen LogP contribution in [0, 0.1) is 17.6 Å². The molecular formula is C13H12F2N2O2. The molecule has 2 fully saturated rings. The highest BCUT2D eigenvalue weighted by Crippen LogP contribution is 2.35. The number of halogens is 2. The molecule has 0 spiro atoms. The summed E-state index contributed by atoms with van der Waals surface area (Å²) in [5.74, 6) is -2.05. The van der Waals surface area contributed by atoms with Crippen LogP contribution >= 0.6 is 0 Å². The van der Waals surface area contributed by atoms with Gasteiger partial charge in [-0.05, 0) is 30.9 Å². The zero-order valence-corrected chi connectivity index (χ0v) is 10.0. The van der Waals surface area contributed by atoms with Crippen LogP contribution in [0.15, 0.2) is 18.2 Å². The van der Waals surface area contributed by atoms with Gasteiger partial charge in [0.2, 0.25) is 11.8 Å².